The number of halogens is 3. The van der Waals surface area contributed by atoms with Gasteiger partial charge in [-0.1, -0.05) is 0 Å². The molecule has 1 amide bonds. The van der Waals surface area contributed by atoms with Crippen LogP contribution in [0.2, 0.25) is 0 Å². The summed E-state index contributed by atoms with van der Waals surface area (Å²) in [4.78, 5) is 40.6. The third-order valence-electron chi connectivity index (χ3n) is 7.69. The molecule has 3 unspecified atom stereocenters. The Morgan fingerprint density at radius 1 is 1.13 bits per heavy atom. The van der Waals surface area contributed by atoms with Crippen molar-refractivity contribution in [2.45, 2.75) is 44.7 Å². The Bertz CT molecular complexity index is 1400. The summed E-state index contributed by atoms with van der Waals surface area (Å²) in [6, 6.07) is 0.0999. The third-order valence-corrected chi connectivity index (χ3v) is 7.69. The first kappa shape index (κ1) is 28.4. The molecule has 0 fully saturated rings. The smallest absolute Gasteiger partial charge is 0.306 e. The number of hydrogen-bond donors (Lipinski definition) is 5. The molecule has 3 aliphatic rings. The maximum Gasteiger partial charge on any atom is 0.306 e. The summed E-state index contributed by atoms with van der Waals surface area (Å²) < 4.78 is 41.7. The quantitative estimate of drug-likeness (QED) is 0.350. The van der Waals surface area contributed by atoms with Gasteiger partial charge >= 0.3 is 6.08 Å². The molecule has 3 aliphatic carbocycles. The molecule has 0 bridgehead atoms. The molecule has 7 N–H and O–H groups in total. The number of aliphatic hydroxyl groups excluding tert-OH is 2. The van der Waals surface area contributed by atoms with Crippen LogP contribution in [0.4, 0.5) is 13.2 Å². The Labute approximate surface area is 222 Å². The molecular formula is C27H30F3N3O6. The number of nitrogens with two attached hydrogens (primary N) is 2. The van der Waals surface area contributed by atoms with E-state index >= 15 is 0 Å². The average Bonchev–Trinajstić information content (AvgIpc) is 2.78. The summed E-state index contributed by atoms with van der Waals surface area (Å²) in [5, 5.41) is 33.2. The van der Waals surface area contributed by atoms with Gasteiger partial charge in [0, 0.05) is 16.7 Å². The molecule has 0 spiro atoms. The van der Waals surface area contributed by atoms with Crippen LogP contribution < -0.4 is 11.5 Å². The lowest BCUT2D eigenvalue weighted by Crippen LogP contribution is -2.53. The number of likely N-dealkylation sites (N-methyl/N-ethyl adjacent to an activating group) is 1. The summed E-state index contributed by atoms with van der Waals surface area (Å²) in [5.41, 5.74) is 8.25. The number of aromatic hydroxyl groups is 1. The van der Waals surface area contributed by atoms with E-state index in [9.17, 15) is 42.9 Å². The predicted molar refractivity (Wildman–Crippen MR) is 134 cm³/mol. The highest BCUT2D eigenvalue weighted by molar-refractivity contribution is 6.22. The zero-order valence-electron chi connectivity index (χ0n) is 21.8. The number of carbonyl (C=O) groups excluding carboxylic acids is 3. The standard InChI is InChI=1S/C27H30F3N3O6/c1-27(2,32)8-10-7-12(18(28)25(29)30)11-5-9-6-13-16(22(36)14(9)21(35)15(11)20(10)34)23(37)17(26(31)39)24(38)19(13)33(3)4/h7,9,13,16,19,34,36,38H,5-6,8,32H2,1-4H3,(H2,31,39)/t9?,13?,16?,19-/m0/s1. The fourth-order valence-electron chi connectivity index (χ4n) is 6.32. The highest BCUT2D eigenvalue weighted by Crippen LogP contribution is 2.51. The molecule has 0 saturated carbocycles. The van der Waals surface area contributed by atoms with Crippen LogP contribution in [0.25, 0.3) is 5.83 Å². The molecule has 0 saturated heterocycles. The lowest BCUT2D eigenvalue weighted by Gasteiger charge is -2.46. The lowest BCUT2D eigenvalue weighted by molar-refractivity contribution is -0.127. The van der Waals surface area contributed by atoms with Gasteiger partial charge in [0.25, 0.3) is 5.91 Å². The van der Waals surface area contributed by atoms with Gasteiger partial charge < -0.3 is 26.8 Å². The number of Topliss-reactive ketones (excluding diaryl/α,β-unsaturated/α-hetero) is 2. The minimum absolute atomic E-state index is 0.00114. The highest BCUT2D eigenvalue weighted by Gasteiger charge is 2.54. The molecular weight excluding hydrogens is 519 g/mol. The molecule has 0 aromatic heterocycles. The molecule has 9 nitrogen and oxygen atoms in total. The van der Waals surface area contributed by atoms with E-state index in [1.165, 1.54) is 4.90 Å². The van der Waals surface area contributed by atoms with E-state index in [4.69, 9.17) is 11.5 Å². The molecule has 4 atom stereocenters. The van der Waals surface area contributed by atoms with Gasteiger partial charge in [-0.3, -0.25) is 19.3 Å². The van der Waals surface area contributed by atoms with Crippen molar-refractivity contribution in [3.05, 3.63) is 57.1 Å². The lowest BCUT2D eigenvalue weighted by atomic mass is 9.60. The van der Waals surface area contributed by atoms with E-state index in [1.54, 1.807) is 27.9 Å². The second kappa shape index (κ2) is 9.53. The average molecular weight is 550 g/mol. The van der Waals surface area contributed by atoms with Crippen LogP contribution in [-0.4, -0.2) is 63.4 Å². The number of primary amides is 1. The van der Waals surface area contributed by atoms with Crippen molar-refractivity contribution in [3.8, 4) is 5.75 Å². The second-order valence-electron chi connectivity index (χ2n) is 11.3. The first-order valence-electron chi connectivity index (χ1n) is 12.3. The number of rotatable bonds is 5. The number of ketones is 2. The number of carbonyl (C=O) groups is 3. The van der Waals surface area contributed by atoms with Crippen molar-refractivity contribution in [3.63, 3.8) is 0 Å². The van der Waals surface area contributed by atoms with E-state index in [-0.39, 0.29) is 36.0 Å². The van der Waals surface area contributed by atoms with Gasteiger partial charge in [-0.25, -0.2) is 4.39 Å². The van der Waals surface area contributed by atoms with Crippen LogP contribution in [0.15, 0.2) is 34.8 Å². The Kier molecular flexibility index (Phi) is 6.93. The van der Waals surface area contributed by atoms with Gasteiger partial charge in [-0.15, -0.1) is 0 Å². The van der Waals surface area contributed by atoms with Gasteiger partial charge in [-0.2, -0.15) is 8.78 Å². The molecule has 4 rings (SSSR count). The number of hydrogen-bond acceptors (Lipinski definition) is 8. The van der Waals surface area contributed by atoms with Crippen molar-refractivity contribution in [2.75, 3.05) is 14.1 Å². The minimum atomic E-state index is -2.61. The number of phenolic OH excluding ortho intramolecular Hbond substituents is 1. The number of amides is 1. The van der Waals surface area contributed by atoms with Gasteiger partial charge in [0.2, 0.25) is 0 Å². The van der Waals surface area contributed by atoms with Crippen LogP contribution in [0.3, 0.4) is 0 Å². The molecule has 1 aromatic carbocycles. The third kappa shape index (κ3) is 4.51. The van der Waals surface area contributed by atoms with Crippen LogP contribution in [0.5, 0.6) is 5.75 Å². The van der Waals surface area contributed by atoms with E-state index in [1.807, 2.05) is 0 Å². The molecule has 0 aliphatic heterocycles. The second-order valence-corrected chi connectivity index (χ2v) is 11.3. The topological polar surface area (TPSA) is 167 Å². The molecule has 0 radical (unpaired) electrons. The number of aliphatic hydroxyl groups is 2. The van der Waals surface area contributed by atoms with Crippen molar-refractivity contribution < 1.29 is 42.9 Å². The Morgan fingerprint density at radius 3 is 2.26 bits per heavy atom. The minimum Gasteiger partial charge on any atom is -0.511 e. The van der Waals surface area contributed by atoms with E-state index in [0.29, 0.717) is 0 Å². The van der Waals surface area contributed by atoms with Crippen LogP contribution in [-0.2, 0) is 22.4 Å². The summed E-state index contributed by atoms with van der Waals surface area (Å²) in [6.07, 6.45) is -2.93. The van der Waals surface area contributed by atoms with E-state index in [2.05, 4.69) is 0 Å². The van der Waals surface area contributed by atoms with Crippen LogP contribution >= 0.6 is 0 Å². The Hall–Kier alpha value is -3.64. The molecule has 210 valence electrons. The Balaban J connectivity index is 1.97. The van der Waals surface area contributed by atoms with Crippen molar-refractivity contribution >= 4 is 23.3 Å². The van der Waals surface area contributed by atoms with Gasteiger partial charge in [0.1, 0.15) is 22.8 Å². The number of allylic oxidation sites excluding steroid dienone is 2. The molecule has 1 aromatic rings. The van der Waals surface area contributed by atoms with Crippen molar-refractivity contribution in [2.24, 2.45) is 29.2 Å². The SMILES string of the molecule is CN(C)[C@@H]1C(O)=C(C(N)=O)C(=O)C2C(O)=C3C(=O)c4c(O)c(CC(C)(C)N)cc(C(F)=C(F)F)c4CC3CC21. The first-order chi connectivity index (χ1) is 18.0. The monoisotopic (exact) mass is 549 g/mol. The Morgan fingerprint density at radius 2 is 1.74 bits per heavy atom. The maximum absolute atomic E-state index is 14.8. The van der Waals surface area contributed by atoms with Gasteiger partial charge in [0.05, 0.1) is 17.5 Å². The number of fused-ring (bicyclic) bond motifs is 3. The van der Waals surface area contributed by atoms with Crippen LogP contribution in [0.1, 0.15) is 47.3 Å². The summed E-state index contributed by atoms with van der Waals surface area (Å²) in [5.74, 6) is -9.87. The molecule has 12 heteroatoms. The first-order valence-corrected chi connectivity index (χ1v) is 12.3. The fraction of sp³-hybridized carbons (Fsp3) is 0.444. The maximum atomic E-state index is 14.8. The van der Waals surface area contributed by atoms with Gasteiger partial charge in [0.15, 0.2) is 17.4 Å². The van der Waals surface area contributed by atoms with E-state index < -0.39 is 92.7 Å². The summed E-state index contributed by atoms with van der Waals surface area (Å²) >= 11 is 0. The zero-order chi connectivity index (χ0) is 29.3. The highest BCUT2D eigenvalue weighted by atomic mass is 19.3. The number of benzene rings is 1. The summed E-state index contributed by atoms with van der Waals surface area (Å²) in [6.45, 7) is 3.19. The van der Waals surface area contributed by atoms with Gasteiger partial charge in [-0.05, 0) is 76.2 Å². The van der Waals surface area contributed by atoms with Crippen LogP contribution in [0, 0.1) is 17.8 Å². The van der Waals surface area contributed by atoms with E-state index in [0.717, 1.165) is 6.07 Å². The fourth-order valence-corrected chi connectivity index (χ4v) is 6.32. The largest absolute Gasteiger partial charge is 0.511 e. The van der Waals surface area contributed by atoms with Crippen molar-refractivity contribution in [1.82, 2.24) is 4.90 Å². The zero-order valence-corrected chi connectivity index (χ0v) is 21.8. The predicted octanol–water partition coefficient (Wildman–Crippen LogP) is 2.82. The summed E-state index contributed by atoms with van der Waals surface area (Å²) in [7, 11) is 3.15. The molecule has 39 heavy (non-hydrogen) atoms. The van der Waals surface area contributed by atoms with Crippen molar-refractivity contribution in [1.29, 1.82) is 0 Å². The normalized spacial score (nSPS) is 24.9. The number of phenols is 1. The number of nitrogens with zero attached hydrogens (tertiary/aromatic N) is 1. The molecule has 0 heterocycles.